The van der Waals surface area contributed by atoms with Crippen LogP contribution in [-0.4, -0.2) is 24.9 Å². The molecule has 0 amide bonds. The van der Waals surface area contributed by atoms with Crippen LogP contribution in [0, 0.1) is 0 Å². The summed E-state index contributed by atoms with van der Waals surface area (Å²) in [4.78, 5) is 0.132. The second-order valence-electron chi connectivity index (χ2n) is 4.52. The molecule has 0 aliphatic carbocycles. The molecule has 1 aromatic carbocycles. The van der Waals surface area contributed by atoms with Gasteiger partial charge in [0.15, 0.2) is 9.84 Å². The van der Waals surface area contributed by atoms with Crippen molar-refractivity contribution in [3.8, 4) is 0 Å². The molecule has 0 saturated carbocycles. The van der Waals surface area contributed by atoms with Gasteiger partial charge < -0.3 is 9.52 Å². The average Bonchev–Trinajstić information content (AvgIpc) is 2.72. The number of sulfone groups is 1. The summed E-state index contributed by atoms with van der Waals surface area (Å²) in [6, 6.07) is 6.93. The minimum absolute atomic E-state index is 0.132. The van der Waals surface area contributed by atoms with E-state index in [0.717, 1.165) is 0 Å². The molecule has 0 spiro atoms. The van der Waals surface area contributed by atoms with E-state index in [4.69, 9.17) is 4.42 Å². The molecule has 2 rings (SSSR count). The van der Waals surface area contributed by atoms with Gasteiger partial charge in [-0.2, -0.15) is 0 Å². The number of rotatable bonds is 3. The topological polar surface area (TPSA) is 67.5 Å². The first-order valence-corrected chi connectivity index (χ1v) is 6.70. The van der Waals surface area contributed by atoms with Crippen LogP contribution >= 0.6 is 0 Å². The van der Waals surface area contributed by atoms with Gasteiger partial charge in [0, 0.05) is 5.39 Å². The SMILES string of the molecule is CC(C)(CO)S(=O)(=O)c1coc2ccccc12. The molecular weight excluding hydrogens is 240 g/mol. The summed E-state index contributed by atoms with van der Waals surface area (Å²) in [5.41, 5.74) is 0.528. The Labute approximate surface area is 99.8 Å². The third kappa shape index (κ3) is 1.75. The Morgan fingerprint density at radius 1 is 1.29 bits per heavy atom. The van der Waals surface area contributed by atoms with E-state index in [1.165, 1.54) is 20.1 Å². The van der Waals surface area contributed by atoms with E-state index >= 15 is 0 Å². The van der Waals surface area contributed by atoms with Gasteiger partial charge in [0.25, 0.3) is 0 Å². The highest BCUT2D eigenvalue weighted by atomic mass is 32.2. The number of furan rings is 1. The molecule has 4 nitrogen and oxygen atoms in total. The first-order valence-electron chi connectivity index (χ1n) is 5.22. The standard InChI is InChI=1S/C12H14O4S/c1-12(2,8-13)17(14,15)11-7-16-10-6-4-3-5-9(10)11/h3-7,13H,8H2,1-2H3. The van der Waals surface area contributed by atoms with Crippen molar-refractivity contribution >= 4 is 20.8 Å². The second-order valence-corrected chi connectivity index (χ2v) is 7.07. The van der Waals surface area contributed by atoms with Crippen molar-refractivity contribution in [1.82, 2.24) is 0 Å². The fourth-order valence-electron chi connectivity index (χ4n) is 1.54. The number of para-hydroxylation sites is 1. The Balaban J connectivity index is 2.70. The molecule has 0 fully saturated rings. The van der Waals surface area contributed by atoms with Crippen LogP contribution in [0.5, 0.6) is 0 Å². The Morgan fingerprint density at radius 2 is 1.94 bits per heavy atom. The maximum atomic E-state index is 12.3. The lowest BCUT2D eigenvalue weighted by molar-refractivity contribution is 0.258. The molecular formula is C12H14O4S. The van der Waals surface area contributed by atoms with E-state index in [-0.39, 0.29) is 4.90 Å². The third-order valence-electron chi connectivity index (χ3n) is 2.84. The van der Waals surface area contributed by atoms with Gasteiger partial charge in [-0.3, -0.25) is 0 Å². The highest BCUT2D eigenvalue weighted by Gasteiger charge is 2.37. The largest absolute Gasteiger partial charge is 0.463 e. The molecule has 1 heterocycles. The molecule has 0 unspecified atom stereocenters. The second kappa shape index (κ2) is 3.85. The van der Waals surface area contributed by atoms with Crippen molar-refractivity contribution in [1.29, 1.82) is 0 Å². The fourth-order valence-corrected chi connectivity index (χ4v) is 2.94. The normalized spacial score (nSPS) is 13.1. The van der Waals surface area contributed by atoms with Gasteiger partial charge in [-0.15, -0.1) is 0 Å². The number of aliphatic hydroxyl groups is 1. The van der Waals surface area contributed by atoms with E-state index in [0.29, 0.717) is 11.0 Å². The smallest absolute Gasteiger partial charge is 0.189 e. The van der Waals surface area contributed by atoms with Crippen LogP contribution in [0.15, 0.2) is 39.8 Å². The van der Waals surface area contributed by atoms with E-state index in [2.05, 4.69) is 0 Å². The van der Waals surface area contributed by atoms with E-state index in [1.807, 2.05) is 0 Å². The summed E-state index contributed by atoms with van der Waals surface area (Å²) >= 11 is 0. The Morgan fingerprint density at radius 3 is 2.59 bits per heavy atom. The molecule has 0 atom stereocenters. The van der Waals surface area contributed by atoms with Crippen LogP contribution in [0.4, 0.5) is 0 Å². The van der Waals surface area contributed by atoms with Crippen molar-refractivity contribution in [2.45, 2.75) is 23.5 Å². The van der Waals surface area contributed by atoms with Crippen LogP contribution in [0.2, 0.25) is 0 Å². The van der Waals surface area contributed by atoms with Gasteiger partial charge in [0.2, 0.25) is 0 Å². The fraction of sp³-hybridized carbons (Fsp3) is 0.333. The van der Waals surface area contributed by atoms with Crippen molar-refractivity contribution in [2.75, 3.05) is 6.61 Å². The first kappa shape index (κ1) is 12.1. The molecule has 0 radical (unpaired) electrons. The highest BCUT2D eigenvalue weighted by molar-refractivity contribution is 7.93. The minimum atomic E-state index is -3.62. The monoisotopic (exact) mass is 254 g/mol. The van der Waals surface area contributed by atoms with Crippen LogP contribution in [0.3, 0.4) is 0 Å². The summed E-state index contributed by atoms with van der Waals surface area (Å²) in [7, 11) is -3.62. The lowest BCUT2D eigenvalue weighted by Gasteiger charge is -2.21. The van der Waals surface area contributed by atoms with Gasteiger partial charge >= 0.3 is 0 Å². The zero-order valence-corrected chi connectivity index (χ0v) is 10.5. The van der Waals surface area contributed by atoms with E-state index < -0.39 is 21.2 Å². The highest BCUT2D eigenvalue weighted by Crippen LogP contribution is 2.32. The van der Waals surface area contributed by atoms with Crippen molar-refractivity contribution in [3.05, 3.63) is 30.5 Å². The van der Waals surface area contributed by atoms with Crippen molar-refractivity contribution in [3.63, 3.8) is 0 Å². The van der Waals surface area contributed by atoms with Crippen LogP contribution in [-0.2, 0) is 9.84 Å². The quantitative estimate of drug-likeness (QED) is 0.909. The number of hydrogen-bond acceptors (Lipinski definition) is 4. The molecule has 0 bridgehead atoms. The zero-order valence-electron chi connectivity index (χ0n) is 9.67. The Bertz CT molecular complexity index is 637. The van der Waals surface area contributed by atoms with Crippen LogP contribution < -0.4 is 0 Å². The van der Waals surface area contributed by atoms with Crippen molar-refractivity contribution in [2.24, 2.45) is 0 Å². The number of fused-ring (bicyclic) bond motifs is 1. The van der Waals surface area contributed by atoms with Gasteiger partial charge in [-0.05, 0) is 26.0 Å². The summed E-state index contributed by atoms with van der Waals surface area (Å²) in [6.45, 7) is 2.54. The lowest BCUT2D eigenvalue weighted by Crippen LogP contribution is -2.35. The van der Waals surface area contributed by atoms with Gasteiger partial charge in [-0.1, -0.05) is 12.1 Å². The number of aliphatic hydroxyl groups excluding tert-OH is 1. The summed E-state index contributed by atoms with van der Waals surface area (Å²) in [5, 5.41) is 9.74. The average molecular weight is 254 g/mol. The van der Waals surface area contributed by atoms with E-state index in [1.54, 1.807) is 24.3 Å². The number of hydrogen-bond donors (Lipinski definition) is 1. The Kier molecular flexibility index (Phi) is 2.75. The molecule has 17 heavy (non-hydrogen) atoms. The predicted molar refractivity (Wildman–Crippen MR) is 64.6 cm³/mol. The summed E-state index contributed by atoms with van der Waals surface area (Å²) in [6.07, 6.45) is 1.23. The van der Waals surface area contributed by atoms with Crippen LogP contribution in [0.1, 0.15) is 13.8 Å². The number of benzene rings is 1. The molecule has 92 valence electrons. The lowest BCUT2D eigenvalue weighted by atomic mass is 10.2. The molecule has 0 aliphatic rings. The summed E-state index contributed by atoms with van der Waals surface area (Å²) < 4.78 is 28.7. The van der Waals surface area contributed by atoms with Gasteiger partial charge in [-0.25, -0.2) is 8.42 Å². The maximum Gasteiger partial charge on any atom is 0.189 e. The zero-order chi connectivity index (χ0) is 12.7. The molecule has 1 N–H and O–H groups in total. The molecule has 1 aromatic heterocycles. The predicted octanol–water partition coefficient (Wildman–Crippen LogP) is 1.98. The van der Waals surface area contributed by atoms with Crippen LogP contribution in [0.25, 0.3) is 11.0 Å². The Hall–Kier alpha value is -1.33. The van der Waals surface area contributed by atoms with Crippen molar-refractivity contribution < 1.29 is 17.9 Å². The van der Waals surface area contributed by atoms with E-state index in [9.17, 15) is 13.5 Å². The molecule has 5 heteroatoms. The third-order valence-corrected chi connectivity index (χ3v) is 5.32. The summed E-state index contributed by atoms with van der Waals surface area (Å²) in [5.74, 6) is 0. The molecule has 0 saturated heterocycles. The first-order chi connectivity index (χ1) is 7.90. The maximum absolute atomic E-state index is 12.3. The van der Waals surface area contributed by atoms with Gasteiger partial charge in [0.05, 0.1) is 11.4 Å². The van der Waals surface area contributed by atoms with Gasteiger partial charge in [0.1, 0.15) is 16.7 Å². The molecule has 2 aromatic rings. The molecule has 0 aliphatic heterocycles. The minimum Gasteiger partial charge on any atom is -0.463 e.